The van der Waals surface area contributed by atoms with E-state index in [4.69, 9.17) is 0 Å². The molecule has 8 heteroatoms. The molecule has 0 saturated carbocycles. The maximum atomic E-state index is 12.7. The summed E-state index contributed by atoms with van der Waals surface area (Å²) in [5.41, 5.74) is 0.218. The lowest BCUT2D eigenvalue weighted by Gasteiger charge is -2.17. The Kier molecular flexibility index (Phi) is 4.55. The van der Waals surface area contributed by atoms with E-state index >= 15 is 0 Å². The van der Waals surface area contributed by atoms with Crippen molar-refractivity contribution in [3.05, 3.63) is 41.9 Å². The molecule has 0 amide bonds. The number of hydrogen-bond donors (Lipinski definition) is 1. The van der Waals surface area contributed by atoms with E-state index in [1.54, 1.807) is 11.1 Å². The van der Waals surface area contributed by atoms with Gasteiger partial charge in [0, 0.05) is 32.0 Å². The molecule has 5 nitrogen and oxygen atoms in total. The van der Waals surface area contributed by atoms with Gasteiger partial charge in [0.25, 0.3) is 0 Å². The van der Waals surface area contributed by atoms with Crippen molar-refractivity contribution < 1.29 is 13.2 Å². The molecule has 1 aliphatic heterocycles. The van der Waals surface area contributed by atoms with Gasteiger partial charge >= 0.3 is 6.18 Å². The summed E-state index contributed by atoms with van der Waals surface area (Å²) in [5.74, 6) is 1.26. The summed E-state index contributed by atoms with van der Waals surface area (Å²) in [4.78, 5) is 13.7. The van der Waals surface area contributed by atoms with Gasteiger partial charge in [0.2, 0.25) is 5.95 Å². The van der Waals surface area contributed by atoms with E-state index in [0.29, 0.717) is 25.6 Å². The normalized spacial score (nSPS) is 18.0. The summed E-state index contributed by atoms with van der Waals surface area (Å²) in [6, 6.07) is 4.78. The Balaban J connectivity index is 1.59. The zero-order chi connectivity index (χ0) is 17.2. The molecule has 2 aromatic rings. The predicted octanol–water partition coefficient (Wildman–Crippen LogP) is 3.14. The first-order valence-electron chi connectivity index (χ1n) is 7.73. The molecule has 0 bridgehead atoms. The predicted molar refractivity (Wildman–Crippen MR) is 84.8 cm³/mol. The van der Waals surface area contributed by atoms with Crippen LogP contribution in [0.3, 0.4) is 0 Å². The molecule has 0 unspecified atom stereocenters. The average molecular weight is 337 g/mol. The van der Waals surface area contributed by atoms with E-state index in [1.807, 2.05) is 19.1 Å². The largest absolute Gasteiger partial charge is 0.433 e. The van der Waals surface area contributed by atoms with Crippen molar-refractivity contribution in [2.75, 3.05) is 29.9 Å². The van der Waals surface area contributed by atoms with Gasteiger partial charge < -0.3 is 10.2 Å². The highest BCUT2D eigenvalue weighted by atomic mass is 19.4. The maximum absolute atomic E-state index is 12.7. The Morgan fingerprint density at radius 1 is 1.25 bits per heavy atom. The summed E-state index contributed by atoms with van der Waals surface area (Å²) in [6.45, 7) is 3.98. The Morgan fingerprint density at radius 3 is 2.79 bits per heavy atom. The van der Waals surface area contributed by atoms with Crippen LogP contribution in [0.2, 0.25) is 0 Å². The van der Waals surface area contributed by atoms with Gasteiger partial charge in [-0.05, 0) is 43.0 Å². The van der Waals surface area contributed by atoms with E-state index in [1.165, 1.54) is 0 Å². The first kappa shape index (κ1) is 16.5. The van der Waals surface area contributed by atoms with Crippen LogP contribution >= 0.6 is 0 Å². The van der Waals surface area contributed by atoms with Crippen molar-refractivity contribution in [2.45, 2.75) is 19.5 Å². The molecule has 0 spiro atoms. The molecule has 1 aliphatic rings. The molecule has 1 saturated heterocycles. The number of nitrogens with one attached hydrogen (secondary N) is 1. The molecule has 3 heterocycles. The van der Waals surface area contributed by atoms with Crippen molar-refractivity contribution >= 4 is 11.8 Å². The van der Waals surface area contributed by atoms with Crippen LogP contribution in [0.1, 0.15) is 17.7 Å². The van der Waals surface area contributed by atoms with Crippen molar-refractivity contribution in [3.63, 3.8) is 0 Å². The number of aryl methyl sites for hydroxylation is 1. The average Bonchev–Trinajstić information content (AvgIpc) is 3.01. The molecule has 2 aromatic heterocycles. The third kappa shape index (κ3) is 3.93. The van der Waals surface area contributed by atoms with Crippen molar-refractivity contribution in [1.29, 1.82) is 0 Å². The third-order valence-electron chi connectivity index (χ3n) is 3.99. The highest BCUT2D eigenvalue weighted by Gasteiger charge is 2.34. The van der Waals surface area contributed by atoms with Crippen LogP contribution in [0.15, 0.2) is 30.6 Å². The first-order chi connectivity index (χ1) is 11.4. The van der Waals surface area contributed by atoms with Crippen LogP contribution < -0.4 is 10.2 Å². The summed E-state index contributed by atoms with van der Waals surface area (Å²) >= 11 is 0. The molecule has 0 aromatic carbocycles. The minimum absolute atomic E-state index is 0.140. The van der Waals surface area contributed by atoms with Crippen molar-refractivity contribution in [2.24, 2.45) is 5.92 Å². The number of halogens is 3. The fourth-order valence-electron chi connectivity index (χ4n) is 2.72. The van der Waals surface area contributed by atoms with E-state index in [-0.39, 0.29) is 5.95 Å². The lowest BCUT2D eigenvalue weighted by atomic mass is 10.1. The van der Waals surface area contributed by atoms with E-state index in [0.717, 1.165) is 30.1 Å². The monoisotopic (exact) mass is 337 g/mol. The minimum atomic E-state index is -4.45. The van der Waals surface area contributed by atoms with Gasteiger partial charge in [-0.15, -0.1) is 0 Å². The summed E-state index contributed by atoms with van der Waals surface area (Å²) in [6.07, 6.45) is -0.671. The quantitative estimate of drug-likeness (QED) is 0.929. The second-order valence-electron chi connectivity index (χ2n) is 5.94. The van der Waals surface area contributed by atoms with Gasteiger partial charge in [0.05, 0.1) is 0 Å². The second-order valence-corrected chi connectivity index (χ2v) is 5.94. The fraction of sp³-hybridized carbons (Fsp3) is 0.438. The van der Waals surface area contributed by atoms with Gasteiger partial charge in [0.1, 0.15) is 11.5 Å². The standard InChI is InChI=1S/C16H18F3N5/c1-11-2-5-20-14(8-11)22-9-12-4-7-24(10-12)15-21-6-3-13(23-15)16(17,18)19/h2-3,5-6,8,12H,4,7,9-10H2,1H3,(H,20,22)/t12-/m1/s1. The summed E-state index contributed by atoms with van der Waals surface area (Å²) in [7, 11) is 0. The van der Waals surface area contributed by atoms with Crippen LogP contribution in [0.5, 0.6) is 0 Å². The van der Waals surface area contributed by atoms with Gasteiger partial charge in [-0.2, -0.15) is 13.2 Å². The molecule has 128 valence electrons. The third-order valence-corrected chi connectivity index (χ3v) is 3.99. The molecule has 24 heavy (non-hydrogen) atoms. The van der Waals surface area contributed by atoms with Gasteiger partial charge in [-0.1, -0.05) is 0 Å². The number of rotatable bonds is 4. The first-order valence-corrected chi connectivity index (χ1v) is 7.73. The fourth-order valence-corrected chi connectivity index (χ4v) is 2.72. The minimum Gasteiger partial charge on any atom is -0.370 e. The highest BCUT2D eigenvalue weighted by Crippen LogP contribution is 2.29. The van der Waals surface area contributed by atoms with Gasteiger partial charge in [-0.3, -0.25) is 0 Å². The molecular weight excluding hydrogens is 319 g/mol. The Hall–Kier alpha value is -2.38. The lowest BCUT2D eigenvalue weighted by molar-refractivity contribution is -0.141. The van der Waals surface area contributed by atoms with Crippen LogP contribution in [-0.2, 0) is 6.18 Å². The molecule has 0 aliphatic carbocycles. The molecule has 3 rings (SSSR count). The van der Waals surface area contributed by atoms with E-state index in [2.05, 4.69) is 20.3 Å². The molecule has 0 radical (unpaired) electrons. The van der Waals surface area contributed by atoms with Crippen molar-refractivity contribution in [1.82, 2.24) is 15.0 Å². The van der Waals surface area contributed by atoms with Crippen LogP contribution in [-0.4, -0.2) is 34.6 Å². The lowest BCUT2D eigenvalue weighted by Crippen LogP contribution is -2.25. The number of anilines is 2. The molecule has 1 N–H and O–H groups in total. The number of aromatic nitrogens is 3. The van der Waals surface area contributed by atoms with Crippen LogP contribution in [0.25, 0.3) is 0 Å². The van der Waals surface area contributed by atoms with E-state index < -0.39 is 11.9 Å². The zero-order valence-corrected chi connectivity index (χ0v) is 13.2. The number of hydrogen-bond acceptors (Lipinski definition) is 5. The number of nitrogens with zero attached hydrogens (tertiary/aromatic N) is 4. The molecular formula is C16H18F3N5. The van der Waals surface area contributed by atoms with Crippen LogP contribution in [0, 0.1) is 12.8 Å². The molecule has 1 atom stereocenters. The molecule has 1 fully saturated rings. The summed E-state index contributed by atoms with van der Waals surface area (Å²) in [5, 5.41) is 3.28. The number of alkyl halides is 3. The highest BCUT2D eigenvalue weighted by molar-refractivity contribution is 5.38. The Labute approximate surface area is 138 Å². The summed E-state index contributed by atoms with van der Waals surface area (Å²) < 4.78 is 38.2. The zero-order valence-electron chi connectivity index (χ0n) is 13.2. The smallest absolute Gasteiger partial charge is 0.370 e. The number of pyridine rings is 1. The maximum Gasteiger partial charge on any atom is 0.433 e. The Bertz CT molecular complexity index is 704. The SMILES string of the molecule is Cc1ccnc(NC[C@H]2CCN(c3nccc(C(F)(F)F)n3)C2)c1. The van der Waals surface area contributed by atoms with E-state index in [9.17, 15) is 13.2 Å². The Morgan fingerprint density at radius 2 is 2.04 bits per heavy atom. The van der Waals surface area contributed by atoms with Gasteiger partial charge in [0.15, 0.2) is 0 Å². The topological polar surface area (TPSA) is 53.9 Å². The van der Waals surface area contributed by atoms with Gasteiger partial charge in [-0.25, -0.2) is 15.0 Å². The van der Waals surface area contributed by atoms with Crippen molar-refractivity contribution in [3.8, 4) is 0 Å². The van der Waals surface area contributed by atoms with Crippen LogP contribution in [0.4, 0.5) is 24.9 Å². The second kappa shape index (κ2) is 6.62.